The van der Waals surface area contributed by atoms with Gasteiger partial charge in [0.1, 0.15) is 5.78 Å². The molecule has 0 spiro atoms. The summed E-state index contributed by atoms with van der Waals surface area (Å²) < 4.78 is 0. The van der Waals surface area contributed by atoms with Gasteiger partial charge >= 0.3 is 5.97 Å². The van der Waals surface area contributed by atoms with Crippen molar-refractivity contribution in [3.05, 3.63) is 24.3 Å². The zero-order valence-corrected chi connectivity index (χ0v) is 12.0. The number of aliphatic hydroxyl groups is 1. The van der Waals surface area contributed by atoms with Gasteiger partial charge in [-0.25, -0.2) is 0 Å². The number of carbonyl (C=O) groups excluding carboxylic acids is 1. The lowest BCUT2D eigenvalue weighted by atomic mass is 9.91. The van der Waals surface area contributed by atoms with Crippen LogP contribution in [-0.4, -0.2) is 28.1 Å². The summed E-state index contributed by atoms with van der Waals surface area (Å²) in [5.74, 6) is -0.348. The van der Waals surface area contributed by atoms with Crippen molar-refractivity contribution >= 4 is 11.8 Å². The maximum Gasteiger partial charge on any atom is 0.303 e. The number of allylic oxidation sites excluding steroid dienone is 3. The fourth-order valence-electron chi connectivity index (χ4n) is 2.45. The Morgan fingerprint density at radius 3 is 2.85 bits per heavy atom. The van der Waals surface area contributed by atoms with Crippen LogP contribution in [0.2, 0.25) is 0 Å². The van der Waals surface area contributed by atoms with Gasteiger partial charge in [0.15, 0.2) is 0 Å². The van der Waals surface area contributed by atoms with Crippen molar-refractivity contribution < 1.29 is 19.8 Å². The van der Waals surface area contributed by atoms with E-state index in [0.717, 1.165) is 6.42 Å². The van der Waals surface area contributed by atoms with Crippen LogP contribution in [0.1, 0.15) is 45.4 Å². The van der Waals surface area contributed by atoms with Gasteiger partial charge in [-0.2, -0.15) is 0 Å². The van der Waals surface area contributed by atoms with Crippen LogP contribution >= 0.6 is 0 Å². The number of carboxylic acid groups (broad SMARTS) is 1. The molecule has 0 aromatic heterocycles. The number of hydrogen-bond donors (Lipinski definition) is 2. The van der Waals surface area contributed by atoms with E-state index in [0.29, 0.717) is 25.7 Å². The number of hydrogen-bond acceptors (Lipinski definition) is 3. The van der Waals surface area contributed by atoms with Crippen LogP contribution in [0.4, 0.5) is 0 Å². The van der Waals surface area contributed by atoms with E-state index in [1.165, 1.54) is 0 Å². The first-order valence-corrected chi connectivity index (χ1v) is 7.30. The Labute approximate surface area is 120 Å². The summed E-state index contributed by atoms with van der Waals surface area (Å²) in [6, 6.07) is 0. The van der Waals surface area contributed by atoms with Crippen molar-refractivity contribution in [2.45, 2.75) is 51.6 Å². The number of aliphatic carboxylic acids is 1. The lowest BCUT2D eigenvalue weighted by Crippen LogP contribution is -2.13. The molecule has 112 valence electrons. The van der Waals surface area contributed by atoms with E-state index in [4.69, 9.17) is 5.11 Å². The number of carbonyl (C=O) groups is 2. The first-order chi connectivity index (χ1) is 9.54. The van der Waals surface area contributed by atoms with Gasteiger partial charge in [0.2, 0.25) is 0 Å². The Morgan fingerprint density at radius 2 is 2.20 bits per heavy atom. The predicted molar refractivity (Wildman–Crippen MR) is 77.3 cm³/mol. The molecule has 1 aliphatic carbocycles. The SMILES string of the molecule is CCC(O)/C=C/C1CCC(=O)C1C/C=C/CCC(=O)O. The highest BCUT2D eigenvalue weighted by atomic mass is 16.4. The van der Waals surface area contributed by atoms with E-state index in [2.05, 4.69) is 0 Å². The third-order valence-corrected chi connectivity index (χ3v) is 3.73. The van der Waals surface area contributed by atoms with Crippen LogP contribution in [0, 0.1) is 11.8 Å². The second-order valence-corrected chi connectivity index (χ2v) is 5.28. The number of rotatable bonds is 8. The number of carboxylic acids is 1. The largest absolute Gasteiger partial charge is 0.481 e. The standard InChI is InChI=1S/C16H24O4/c1-2-13(17)10-8-12-9-11-15(18)14(12)6-4-3-5-7-16(19)20/h3-4,8,10,12-14,17H,2,5-7,9,11H2,1H3,(H,19,20)/b4-3+,10-8+. The van der Waals surface area contributed by atoms with Crippen molar-refractivity contribution in [3.8, 4) is 0 Å². The van der Waals surface area contributed by atoms with Gasteiger partial charge in [-0.3, -0.25) is 9.59 Å². The zero-order chi connectivity index (χ0) is 15.0. The van der Waals surface area contributed by atoms with Crippen molar-refractivity contribution in [2.24, 2.45) is 11.8 Å². The first-order valence-electron chi connectivity index (χ1n) is 7.30. The van der Waals surface area contributed by atoms with Gasteiger partial charge in [-0.05, 0) is 31.6 Å². The molecule has 3 atom stereocenters. The maximum absolute atomic E-state index is 11.8. The minimum Gasteiger partial charge on any atom is -0.481 e. The van der Waals surface area contributed by atoms with Crippen molar-refractivity contribution in [1.82, 2.24) is 0 Å². The average molecular weight is 280 g/mol. The smallest absolute Gasteiger partial charge is 0.303 e. The van der Waals surface area contributed by atoms with Crippen LogP contribution in [0.15, 0.2) is 24.3 Å². The highest BCUT2D eigenvalue weighted by Crippen LogP contribution is 2.32. The molecule has 0 heterocycles. The zero-order valence-electron chi connectivity index (χ0n) is 12.0. The Balaban J connectivity index is 2.46. The molecule has 4 heteroatoms. The summed E-state index contributed by atoms with van der Waals surface area (Å²) >= 11 is 0. The van der Waals surface area contributed by atoms with Crippen molar-refractivity contribution in [2.75, 3.05) is 0 Å². The van der Waals surface area contributed by atoms with E-state index >= 15 is 0 Å². The first kappa shape index (κ1) is 16.6. The van der Waals surface area contributed by atoms with Crippen molar-refractivity contribution in [1.29, 1.82) is 0 Å². The van der Waals surface area contributed by atoms with E-state index in [1.54, 1.807) is 6.08 Å². The number of aliphatic hydroxyl groups excluding tert-OH is 1. The van der Waals surface area contributed by atoms with Crippen LogP contribution in [0.5, 0.6) is 0 Å². The fourth-order valence-corrected chi connectivity index (χ4v) is 2.45. The minimum absolute atomic E-state index is 0.0172. The average Bonchev–Trinajstić information content (AvgIpc) is 2.76. The molecule has 1 saturated carbocycles. The Hall–Kier alpha value is -1.42. The van der Waals surface area contributed by atoms with Crippen LogP contribution < -0.4 is 0 Å². The summed E-state index contributed by atoms with van der Waals surface area (Å²) in [4.78, 5) is 22.2. The summed E-state index contributed by atoms with van der Waals surface area (Å²) in [6.45, 7) is 1.91. The van der Waals surface area contributed by atoms with Crippen LogP contribution in [-0.2, 0) is 9.59 Å². The molecule has 1 rings (SSSR count). The summed E-state index contributed by atoms with van der Waals surface area (Å²) in [6.07, 6.45) is 10.5. The third kappa shape index (κ3) is 5.70. The highest BCUT2D eigenvalue weighted by molar-refractivity contribution is 5.83. The third-order valence-electron chi connectivity index (χ3n) is 3.73. The summed E-state index contributed by atoms with van der Waals surface area (Å²) in [5.41, 5.74) is 0. The molecule has 0 aromatic rings. The van der Waals surface area contributed by atoms with Gasteiger partial charge < -0.3 is 10.2 Å². The molecule has 20 heavy (non-hydrogen) atoms. The molecular formula is C16H24O4. The van der Waals surface area contributed by atoms with Gasteiger partial charge in [0, 0.05) is 18.8 Å². The molecule has 0 aliphatic heterocycles. The molecule has 3 unspecified atom stereocenters. The van der Waals surface area contributed by atoms with E-state index in [9.17, 15) is 14.7 Å². The number of ketones is 1. The van der Waals surface area contributed by atoms with E-state index in [-0.39, 0.29) is 24.0 Å². The Morgan fingerprint density at radius 1 is 1.45 bits per heavy atom. The van der Waals surface area contributed by atoms with E-state index < -0.39 is 12.1 Å². The molecule has 0 radical (unpaired) electrons. The highest BCUT2D eigenvalue weighted by Gasteiger charge is 2.31. The van der Waals surface area contributed by atoms with Crippen LogP contribution in [0.3, 0.4) is 0 Å². The Kier molecular flexibility index (Phi) is 7.23. The van der Waals surface area contributed by atoms with E-state index in [1.807, 2.05) is 25.2 Å². The molecular weight excluding hydrogens is 256 g/mol. The van der Waals surface area contributed by atoms with Crippen molar-refractivity contribution in [3.63, 3.8) is 0 Å². The maximum atomic E-state index is 11.8. The quantitative estimate of drug-likeness (QED) is 0.670. The molecule has 2 N–H and O–H groups in total. The normalized spacial score (nSPS) is 24.8. The molecule has 4 nitrogen and oxygen atoms in total. The van der Waals surface area contributed by atoms with Gasteiger partial charge in [0.05, 0.1) is 6.10 Å². The molecule has 0 amide bonds. The fraction of sp³-hybridized carbons (Fsp3) is 0.625. The Bertz CT molecular complexity index is 384. The molecule has 0 aromatic carbocycles. The minimum atomic E-state index is -0.805. The van der Waals surface area contributed by atoms with Gasteiger partial charge in [-0.15, -0.1) is 0 Å². The molecule has 0 bridgehead atoms. The molecule has 1 aliphatic rings. The van der Waals surface area contributed by atoms with Gasteiger partial charge in [-0.1, -0.05) is 31.2 Å². The summed E-state index contributed by atoms with van der Waals surface area (Å²) in [7, 11) is 0. The molecule has 0 saturated heterocycles. The lowest BCUT2D eigenvalue weighted by molar-refractivity contribution is -0.136. The lowest BCUT2D eigenvalue weighted by Gasteiger charge is -2.13. The summed E-state index contributed by atoms with van der Waals surface area (Å²) in [5, 5.41) is 18.1. The number of Topliss-reactive ketones (excluding diaryl/α,β-unsaturated/α-hetero) is 1. The predicted octanol–water partition coefficient (Wildman–Crippen LogP) is 2.72. The second-order valence-electron chi connectivity index (χ2n) is 5.28. The topological polar surface area (TPSA) is 74.6 Å². The monoisotopic (exact) mass is 280 g/mol. The second kappa shape index (κ2) is 8.69. The van der Waals surface area contributed by atoms with Crippen LogP contribution in [0.25, 0.3) is 0 Å². The molecule has 1 fully saturated rings. The van der Waals surface area contributed by atoms with Gasteiger partial charge in [0.25, 0.3) is 0 Å².